The molecule has 126 valence electrons. The van der Waals surface area contributed by atoms with Crippen molar-refractivity contribution in [3.05, 3.63) is 62.5 Å². The van der Waals surface area contributed by atoms with E-state index in [2.05, 4.69) is 42.4 Å². The first kappa shape index (κ1) is 18.7. The summed E-state index contributed by atoms with van der Waals surface area (Å²) in [4.78, 5) is 12.2. The van der Waals surface area contributed by atoms with E-state index < -0.39 is 0 Å². The summed E-state index contributed by atoms with van der Waals surface area (Å²) in [5.74, 6) is 0.494. The number of amides is 1. The van der Waals surface area contributed by atoms with Gasteiger partial charge in [-0.25, -0.2) is 5.43 Å². The molecule has 2 aromatic rings. The average molecular weight is 454 g/mol. The van der Waals surface area contributed by atoms with Crippen LogP contribution in [0.3, 0.4) is 0 Å². The van der Waals surface area contributed by atoms with Crippen molar-refractivity contribution in [3.8, 4) is 5.75 Å². The Labute approximate surface area is 158 Å². The summed E-state index contributed by atoms with van der Waals surface area (Å²) < 4.78 is 7.37. The molecular weight excluding hydrogens is 436 g/mol. The highest BCUT2D eigenvalue weighted by Crippen LogP contribution is 2.22. The van der Waals surface area contributed by atoms with E-state index >= 15 is 0 Å². The molecule has 4 nitrogen and oxygen atoms in total. The summed E-state index contributed by atoms with van der Waals surface area (Å²) in [7, 11) is 0. The van der Waals surface area contributed by atoms with Gasteiger partial charge in [0, 0.05) is 20.1 Å². The molecule has 0 atom stereocenters. The molecule has 0 aliphatic heterocycles. The van der Waals surface area contributed by atoms with Gasteiger partial charge in [-0.1, -0.05) is 38.8 Å². The van der Waals surface area contributed by atoms with E-state index in [0.717, 1.165) is 26.7 Å². The van der Waals surface area contributed by atoms with Crippen molar-refractivity contribution in [2.45, 2.75) is 20.3 Å². The quantitative estimate of drug-likeness (QED) is 0.485. The molecule has 0 aliphatic carbocycles. The zero-order chi connectivity index (χ0) is 17.5. The Bertz CT molecular complexity index is 743. The molecule has 0 radical (unpaired) electrons. The summed E-state index contributed by atoms with van der Waals surface area (Å²) in [6.07, 6.45) is 0.946. The van der Waals surface area contributed by atoms with Crippen molar-refractivity contribution < 1.29 is 9.53 Å². The molecule has 1 amide bonds. The van der Waals surface area contributed by atoms with Gasteiger partial charge in [0.2, 0.25) is 0 Å². The molecule has 24 heavy (non-hydrogen) atoms. The van der Waals surface area contributed by atoms with Crippen LogP contribution in [-0.4, -0.2) is 18.2 Å². The van der Waals surface area contributed by atoms with Gasteiger partial charge in [0.05, 0.1) is 12.3 Å². The lowest BCUT2D eigenvalue weighted by Crippen LogP contribution is -2.19. The van der Waals surface area contributed by atoms with Crippen molar-refractivity contribution in [2.75, 3.05) is 6.61 Å². The van der Waals surface area contributed by atoms with Crippen LogP contribution in [0.4, 0.5) is 0 Å². The number of halogens is 2. The van der Waals surface area contributed by atoms with Crippen LogP contribution in [0, 0.1) is 0 Å². The molecule has 0 saturated heterocycles. The van der Waals surface area contributed by atoms with Gasteiger partial charge < -0.3 is 4.74 Å². The van der Waals surface area contributed by atoms with Crippen molar-refractivity contribution in [1.29, 1.82) is 0 Å². The summed E-state index contributed by atoms with van der Waals surface area (Å²) >= 11 is 6.91. The first-order valence-corrected chi connectivity index (χ1v) is 9.12. The van der Waals surface area contributed by atoms with E-state index in [0.29, 0.717) is 17.9 Å². The molecule has 0 aromatic heterocycles. The molecule has 0 bridgehead atoms. The first-order valence-electron chi connectivity index (χ1n) is 7.54. The predicted octanol–water partition coefficient (Wildman–Crippen LogP) is 5.15. The van der Waals surface area contributed by atoms with E-state index in [1.54, 1.807) is 24.3 Å². The number of ether oxygens (including phenoxy) is 1. The lowest BCUT2D eigenvalue weighted by Gasteiger charge is -2.07. The molecule has 0 heterocycles. The Balaban J connectivity index is 2.05. The highest BCUT2D eigenvalue weighted by atomic mass is 79.9. The SMILES string of the molecule is CCCOc1ccc(C(=O)N/N=C(/C)c2cc(Br)ccc2Br)cc1. The second-order valence-corrected chi connectivity index (χ2v) is 6.91. The van der Waals surface area contributed by atoms with E-state index in [1.807, 2.05) is 32.0 Å². The van der Waals surface area contributed by atoms with Gasteiger partial charge in [-0.05, 0) is 55.8 Å². The molecule has 0 aliphatic rings. The van der Waals surface area contributed by atoms with Crippen molar-refractivity contribution in [1.82, 2.24) is 5.43 Å². The first-order chi connectivity index (χ1) is 11.5. The van der Waals surface area contributed by atoms with E-state index in [4.69, 9.17) is 4.74 Å². The number of carbonyl (C=O) groups is 1. The summed E-state index contributed by atoms with van der Waals surface area (Å²) in [6, 6.07) is 12.8. The van der Waals surface area contributed by atoms with Gasteiger partial charge in [0.25, 0.3) is 5.91 Å². The largest absolute Gasteiger partial charge is 0.494 e. The highest BCUT2D eigenvalue weighted by molar-refractivity contribution is 9.11. The fraction of sp³-hybridized carbons (Fsp3) is 0.222. The lowest BCUT2D eigenvalue weighted by atomic mass is 10.1. The van der Waals surface area contributed by atoms with Crippen LogP contribution >= 0.6 is 31.9 Å². The number of hydrazone groups is 1. The maximum Gasteiger partial charge on any atom is 0.271 e. The van der Waals surface area contributed by atoms with Crippen molar-refractivity contribution >= 4 is 43.5 Å². The number of benzene rings is 2. The molecular formula is C18H18Br2N2O2. The van der Waals surface area contributed by atoms with Gasteiger partial charge in [0.15, 0.2) is 0 Å². The van der Waals surface area contributed by atoms with Crippen LogP contribution in [0.2, 0.25) is 0 Å². The smallest absolute Gasteiger partial charge is 0.271 e. The maximum absolute atomic E-state index is 12.2. The molecule has 0 fully saturated rings. The Morgan fingerprint density at radius 2 is 1.88 bits per heavy atom. The van der Waals surface area contributed by atoms with E-state index in [9.17, 15) is 4.79 Å². The molecule has 6 heteroatoms. The van der Waals surface area contributed by atoms with Crippen LogP contribution in [0.5, 0.6) is 5.75 Å². The Morgan fingerprint density at radius 1 is 1.17 bits per heavy atom. The minimum atomic E-state index is -0.262. The molecule has 2 rings (SSSR count). The van der Waals surface area contributed by atoms with E-state index in [-0.39, 0.29) is 5.91 Å². The number of hydrogen-bond donors (Lipinski definition) is 1. The van der Waals surface area contributed by atoms with Crippen molar-refractivity contribution in [3.63, 3.8) is 0 Å². The summed E-state index contributed by atoms with van der Waals surface area (Å²) in [5, 5.41) is 4.18. The third kappa shape index (κ3) is 5.18. The number of hydrogen-bond acceptors (Lipinski definition) is 3. The second-order valence-electron chi connectivity index (χ2n) is 5.14. The molecule has 0 unspecified atom stereocenters. The zero-order valence-corrected chi connectivity index (χ0v) is 16.6. The molecule has 2 aromatic carbocycles. The average Bonchev–Trinajstić information content (AvgIpc) is 2.60. The van der Waals surface area contributed by atoms with Crippen LogP contribution in [0.1, 0.15) is 36.2 Å². The van der Waals surface area contributed by atoms with Crippen LogP contribution in [-0.2, 0) is 0 Å². The monoisotopic (exact) mass is 452 g/mol. The van der Waals surface area contributed by atoms with Gasteiger partial charge in [-0.3, -0.25) is 4.79 Å². The molecule has 0 saturated carbocycles. The van der Waals surface area contributed by atoms with Gasteiger partial charge in [0.1, 0.15) is 5.75 Å². The lowest BCUT2D eigenvalue weighted by molar-refractivity contribution is 0.0955. The maximum atomic E-state index is 12.2. The highest BCUT2D eigenvalue weighted by Gasteiger charge is 2.07. The van der Waals surface area contributed by atoms with Crippen LogP contribution < -0.4 is 10.2 Å². The fourth-order valence-corrected chi connectivity index (χ4v) is 2.85. The Morgan fingerprint density at radius 3 is 2.54 bits per heavy atom. The Hall–Kier alpha value is -1.66. The minimum Gasteiger partial charge on any atom is -0.494 e. The van der Waals surface area contributed by atoms with Gasteiger partial charge in [-0.2, -0.15) is 5.10 Å². The van der Waals surface area contributed by atoms with E-state index in [1.165, 1.54) is 0 Å². The van der Waals surface area contributed by atoms with Crippen LogP contribution in [0.25, 0.3) is 0 Å². The number of rotatable bonds is 6. The summed E-state index contributed by atoms with van der Waals surface area (Å²) in [6.45, 7) is 4.55. The van der Waals surface area contributed by atoms with Crippen LogP contribution in [0.15, 0.2) is 56.5 Å². The zero-order valence-electron chi connectivity index (χ0n) is 13.5. The third-order valence-corrected chi connectivity index (χ3v) is 4.42. The topological polar surface area (TPSA) is 50.7 Å². The van der Waals surface area contributed by atoms with Gasteiger partial charge in [-0.15, -0.1) is 0 Å². The second kappa shape index (κ2) is 8.99. The minimum absolute atomic E-state index is 0.262. The molecule has 0 spiro atoms. The van der Waals surface area contributed by atoms with Crippen molar-refractivity contribution in [2.24, 2.45) is 5.10 Å². The number of carbonyl (C=O) groups excluding carboxylic acids is 1. The summed E-state index contributed by atoms with van der Waals surface area (Å²) in [5.41, 5.74) is 4.73. The number of nitrogens with one attached hydrogen (secondary N) is 1. The Kier molecular flexibility index (Phi) is 6.99. The number of nitrogens with zero attached hydrogens (tertiary/aromatic N) is 1. The standard InChI is InChI=1S/C18H18Br2N2O2/c1-3-10-24-15-7-4-13(5-8-15)18(23)22-21-12(2)16-11-14(19)6-9-17(16)20/h4-9,11H,3,10H2,1-2H3,(H,22,23)/b21-12-. The normalized spacial score (nSPS) is 11.2. The van der Waals surface area contributed by atoms with Gasteiger partial charge >= 0.3 is 0 Å². The predicted molar refractivity (Wildman–Crippen MR) is 104 cm³/mol. The third-order valence-electron chi connectivity index (χ3n) is 3.23. The molecule has 1 N–H and O–H groups in total. The fourth-order valence-electron chi connectivity index (χ4n) is 1.96.